The van der Waals surface area contributed by atoms with Crippen molar-refractivity contribution in [2.45, 2.75) is 6.04 Å². The smallest absolute Gasteiger partial charge is 0.300 e. The second-order valence-corrected chi connectivity index (χ2v) is 8.32. The van der Waals surface area contributed by atoms with Crippen molar-refractivity contribution in [1.82, 2.24) is 0 Å². The SMILES string of the molecule is COc1ccccc1C1/C(=C(\O)c2cc(Cl)c(OC)c(Cl)c2OC)C(=O)C(=O)N1c1ccccc1. The molecule has 9 heteroatoms. The minimum Gasteiger partial charge on any atom is -0.507 e. The number of anilines is 1. The highest BCUT2D eigenvalue weighted by Gasteiger charge is 2.48. The lowest BCUT2D eigenvalue weighted by Gasteiger charge is -2.26. The Labute approximate surface area is 212 Å². The zero-order valence-corrected chi connectivity index (χ0v) is 20.6. The number of hydrogen-bond acceptors (Lipinski definition) is 6. The van der Waals surface area contributed by atoms with Crippen LogP contribution in [0.1, 0.15) is 17.2 Å². The Kier molecular flexibility index (Phi) is 6.91. The molecule has 1 amide bonds. The Morgan fingerprint density at radius 1 is 0.886 bits per heavy atom. The second-order valence-electron chi connectivity index (χ2n) is 7.53. The van der Waals surface area contributed by atoms with Crippen molar-refractivity contribution in [2.24, 2.45) is 0 Å². The predicted molar refractivity (Wildman–Crippen MR) is 134 cm³/mol. The first-order valence-corrected chi connectivity index (χ1v) is 11.2. The Balaban J connectivity index is 2.05. The normalized spacial score (nSPS) is 16.9. The van der Waals surface area contributed by atoms with Crippen LogP contribution in [-0.2, 0) is 9.59 Å². The molecule has 0 aliphatic carbocycles. The highest BCUT2D eigenvalue weighted by Crippen LogP contribution is 2.49. The number of Topliss-reactive ketones (excluding diaryl/α,β-unsaturated/α-hetero) is 1. The number of carbonyl (C=O) groups excluding carboxylic acids is 2. The molecule has 0 saturated carbocycles. The summed E-state index contributed by atoms with van der Waals surface area (Å²) in [6.45, 7) is 0. The summed E-state index contributed by atoms with van der Waals surface area (Å²) in [7, 11) is 4.23. The summed E-state index contributed by atoms with van der Waals surface area (Å²) in [6, 6.07) is 16.0. The van der Waals surface area contributed by atoms with E-state index in [2.05, 4.69) is 0 Å². The zero-order valence-electron chi connectivity index (χ0n) is 19.0. The molecule has 1 aliphatic heterocycles. The van der Waals surface area contributed by atoms with Crippen LogP contribution in [0.25, 0.3) is 5.76 Å². The van der Waals surface area contributed by atoms with Crippen LogP contribution >= 0.6 is 23.2 Å². The van der Waals surface area contributed by atoms with Crippen LogP contribution in [0, 0.1) is 0 Å². The molecule has 1 N–H and O–H groups in total. The van der Waals surface area contributed by atoms with E-state index in [9.17, 15) is 14.7 Å². The molecule has 3 aromatic rings. The van der Waals surface area contributed by atoms with Crippen LogP contribution in [0.2, 0.25) is 10.0 Å². The highest BCUT2D eigenvalue weighted by atomic mass is 35.5. The van der Waals surface area contributed by atoms with Gasteiger partial charge in [0, 0.05) is 11.3 Å². The zero-order chi connectivity index (χ0) is 25.3. The Hall–Kier alpha value is -3.68. The van der Waals surface area contributed by atoms with E-state index in [0.717, 1.165) is 0 Å². The summed E-state index contributed by atoms with van der Waals surface area (Å²) in [5, 5.41) is 11.6. The number of amides is 1. The topological polar surface area (TPSA) is 85.3 Å². The number of nitrogens with zero attached hydrogens (tertiary/aromatic N) is 1. The Morgan fingerprint density at radius 3 is 2.14 bits per heavy atom. The van der Waals surface area contributed by atoms with Gasteiger partial charge in [-0.1, -0.05) is 59.6 Å². The van der Waals surface area contributed by atoms with Gasteiger partial charge in [0.05, 0.1) is 43.5 Å². The summed E-state index contributed by atoms with van der Waals surface area (Å²) >= 11 is 12.7. The van der Waals surface area contributed by atoms with E-state index < -0.39 is 23.5 Å². The molecule has 1 fully saturated rings. The third-order valence-corrected chi connectivity index (χ3v) is 6.33. The molecule has 0 spiro atoms. The van der Waals surface area contributed by atoms with Gasteiger partial charge in [-0.2, -0.15) is 0 Å². The number of ketones is 1. The van der Waals surface area contributed by atoms with Crippen LogP contribution in [0.4, 0.5) is 5.69 Å². The summed E-state index contributed by atoms with van der Waals surface area (Å²) in [5.41, 5.74) is 0.847. The van der Waals surface area contributed by atoms with Crippen LogP contribution in [0.3, 0.4) is 0 Å². The van der Waals surface area contributed by atoms with E-state index in [-0.39, 0.29) is 32.7 Å². The summed E-state index contributed by atoms with van der Waals surface area (Å²) in [5.74, 6) is -1.57. The molecule has 4 rings (SSSR count). The third kappa shape index (κ3) is 4.07. The monoisotopic (exact) mass is 513 g/mol. The van der Waals surface area contributed by atoms with Gasteiger partial charge in [0.15, 0.2) is 11.5 Å². The maximum Gasteiger partial charge on any atom is 0.300 e. The average molecular weight is 514 g/mol. The Morgan fingerprint density at radius 2 is 1.51 bits per heavy atom. The fourth-order valence-electron chi connectivity index (χ4n) is 4.17. The summed E-state index contributed by atoms with van der Waals surface area (Å²) in [6.07, 6.45) is 0. The molecule has 3 aromatic carbocycles. The third-order valence-electron chi connectivity index (χ3n) is 5.71. The summed E-state index contributed by atoms with van der Waals surface area (Å²) in [4.78, 5) is 28.0. The van der Waals surface area contributed by atoms with E-state index in [1.165, 1.54) is 32.3 Å². The number of hydrogen-bond donors (Lipinski definition) is 1. The lowest BCUT2D eigenvalue weighted by molar-refractivity contribution is -0.132. The van der Waals surface area contributed by atoms with Crippen LogP contribution < -0.4 is 19.1 Å². The minimum atomic E-state index is -1.00. The molecule has 0 radical (unpaired) electrons. The van der Waals surface area contributed by atoms with Crippen molar-refractivity contribution >= 4 is 46.3 Å². The van der Waals surface area contributed by atoms with E-state index in [4.69, 9.17) is 37.4 Å². The van der Waals surface area contributed by atoms with E-state index in [1.807, 2.05) is 0 Å². The van der Waals surface area contributed by atoms with Crippen LogP contribution in [0.15, 0.2) is 66.2 Å². The first kappa shape index (κ1) is 24.4. The van der Waals surface area contributed by atoms with E-state index >= 15 is 0 Å². The maximum absolute atomic E-state index is 13.4. The minimum absolute atomic E-state index is 0.00943. The number of methoxy groups -OCH3 is 3. The molecule has 1 aliphatic rings. The number of rotatable bonds is 6. The largest absolute Gasteiger partial charge is 0.507 e. The number of ether oxygens (including phenoxy) is 3. The number of carbonyl (C=O) groups is 2. The predicted octanol–water partition coefficient (Wildman–Crippen LogP) is 5.65. The van der Waals surface area contributed by atoms with Gasteiger partial charge < -0.3 is 19.3 Å². The standard InChI is InChI=1S/C26H21Cl2NO6/c1-33-18-12-8-7-11-15(18)21-19(23(31)26(32)29(21)14-9-5-4-6-10-14)22(30)16-13-17(27)25(35-3)20(28)24(16)34-2/h4-13,21,30H,1-3H3/b22-19+. The molecule has 0 bridgehead atoms. The van der Waals surface area contributed by atoms with Gasteiger partial charge >= 0.3 is 0 Å². The van der Waals surface area contributed by atoms with Crippen molar-refractivity contribution in [3.8, 4) is 17.2 Å². The summed E-state index contributed by atoms with van der Waals surface area (Å²) < 4.78 is 16.2. The number of aliphatic hydroxyl groups excluding tert-OH is 1. The van der Waals surface area contributed by atoms with Gasteiger partial charge in [0.2, 0.25) is 0 Å². The van der Waals surface area contributed by atoms with E-state index in [0.29, 0.717) is 17.0 Å². The quantitative estimate of drug-likeness (QED) is 0.260. The second kappa shape index (κ2) is 9.90. The van der Waals surface area contributed by atoms with Crippen molar-refractivity contribution in [2.75, 3.05) is 26.2 Å². The van der Waals surface area contributed by atoms with Crippen LogP contribution in [-0.4, -0.2) is 38.1 Å². The molecule has 1 atom stereocenters. The number of aliphatic hydroxyl groups is 1. The molecule has 1 heterocycles. The lowest BCUT2D eigenvalue weighted by Crippen LogP contribution is -2.29. The molecule has 0 aromatic heterocycles. The van der Waals surface area contributed by atoms with Gasteiger partial charge in [0.1, 0.15) is 16.5 Å². The maximum atomic E-state index is 13.4. The van der Waals surface area contributed by atoms with Gasteiger partial charge in [-0.3, -0.25) is 14.5 Å². The van der Waals surface area contributed by atoms with Gasteiger partial charge in [-0.25, -0.2) is 0 Å². The van der Waals surface area contributed by atoms with Crippen molar-refractivity contribution < 1.29 is 28.9 Å². The van der Waals surface area contributed by atoms with Gasteiger partial charge in [-0.05, 0) is 24.3 Å². The fourth-order valence-corrected chi connectivity index (χ4v) is 4.85. The molecule has 1 unspecified atom stereocenters. The average Bonchev–Trinajstić information content (AvgIpc) is 3.14. The van der Waals surface area contributed by atoms with Gasteiger partial charge in [-0.15, -0.1) is 0 Å². The number of halogens is 2. The molecule has 180 valence electrons. The van der Waals surface area contributed by atoms with Gasteiger partial charge in [0.25, 0.3) is 11.7 Å². The lowest BCUT2D eigenvalue weighted by atomic mass is 9.94. The molecule has 1 saturated heterocycles. The Bertz CT molecular complexity index is 1340. The molecule has 35 heavy (non-hydrogen) atoms. The molecular weight excluding hydrogens is 493 g/mol. The van der Waals surface area contributed by atoms with Crippen molar-refractivity contribution in [3.05, 3.63) is 87.4 Å². The van der Waals surface area contributed by atoms with E-state index in [1.54, 1.807) is 54.6 Å². The first-order valence-electron chi connectivity index (χ1n) is 10.4. The molecular formula is C26H21Cl2NO6. The number of para-hydroxylation sites is 2. The molecule has 7 nitrogen and oxygen atoms in total. The number of benzene rings is 3. The van der Waals surface area contributed by atoms with Crippen molar-refractivity contribution in [1.29, 1.82) is 0 Å². The van der Waals surface area contributed by atoms with Crippen molar-refractivity contribution in [3.63, 3.8) is 0 Å². The fraction of sp³-hybridized carbons (Fsp3) is 0.154. The first-order chi connectivity index (χ1) is 16.8. The van der Waals surface area contributed by atoms with Crippen LogP contribution in [0.5, 0.6) is 17.2 Å². The highest BCUT2D eigenvalue weighted by molar-refractivity contribution is 6.52.